The Morgan fingerprint density at radius 3 is 2.88 bits per heavy atom. The highest BCUT2D eigenvalue weighted by Crippen LogP contribution is 2.38. The normalized spacial score (nSPS) is 20.4. The number of rotatable bonds is 1. The van der Waals surface area contributed by atoms with Gasteiger partial charge in [0, 0.05) is 23.0 Å². The molecule has 0 N–H and O–H groups in total. The molecule has 1 heterocycles. The van der Waals surface area contributed by atoms with Gasteiger partial charge in [0.25, 0.3) is 0 Å². The van der Waals surface area contributed by atoms with E-state index < -0.39 is 0 Å². The van der Waals surface area contributed by atoms with Crippen LogP contribution < -0.4 is 4.90 Å². The first-order chi connectivity index (χ1) is 8.34. The minimum Gasteiger partial charge on any atom is -0.328 e. The van der Waals surface area contributed by atoms with Gasteiger partial charge in [0.1, 0.15) is 6.34 Å². The van der Waals surface area contributed by atoms with Crippen LogP contribution in [0.3, 0.4) is 0 Å². The van der Waals surface area contributed by atoms with Crippen molar-refractivity contribution in [2.45, 2.75) is 43.0 Å². The van der Waals surface area contributed by atoms with Crippen molar-refractivity contribution in [3.8, 4) is 0 Å². The van der Waals surface area contributed by atoms with Crippen LogP contribution in [-0.2, 0) is 0 Å². The van der Waals surface area contributed by atoms with Crippen LogP contribution >= 0.6 is 23.5 Å². The minimum absolute atomic E-state index is 0.602. The lowest BCUT2D eigenvalue weighted by molar-refractivity contribution is 0.441. The minimum atomic E-state index is 0.602. The number of nitrogens with zero attached hydrogens (tertiary/aromatic N) is 2. The Morgan fingerprint density at radius 1 is 1.24 bits per heavy atom. The molecule has 0 aromatic heterocycles. The third kappa shape index (κ3) is 2.31. The highest BCUT2D eigenvalue weighted by atomic mass is 35.5. The molecule has 3 rings (SSSR count). The Hall–Kier alpha value is -0.670. The van der Waals surface area contributed by atoms with Gasteiger partial charge in [-0.25, -0.2) is 4.40 Å². The molecule has 1 saturated carbocycles. The molecule has 17 heavy (non-hydrogen) atoms. The molecule has 0 unspecified atom stereocenters. The van der Waals surface area contributed by atoms with Gasteiger partial charge in [-0.3, -0.25) is 0 Å². The molecule has 0 bridgehead atoms. The zero-order chi connectivity index (χ0) is 11.7. The fraction of sp³-hybridized carbons (Fsp3) is 0.462. The van der Waals surface area contributed by atoms with E-state index in [0.717, 1.165) is 5.02 Å². The summed E-state index contributed by atoms with van der Waals surface area (Å²) in [6.45, 7) is 0. The summed E-state index contributed by atoms with van der Waals surface area (Å²) in [5.41, 5.74) is 1.23. The third-order valence-electron chi connectivity index (χ3n) is 3.49. The standard InChI is InChI=1S/C13H15ClN2S/c14-10-6-7-13-12(8-10)16(9-15-17-13)11-4-2-1-3-5-11/h6-9,11H,1-5H2. The smallest absolute Gasteiger partial charge is 0.104 e. The molecule has 1 aliphatic heterocycles. The van der Waals surface area contributed by atoms with Gasteiger partial charge >= 0.3 is 0 Å². The molecule has 0 atom stereocenters. The van der Waals surface area contributed by atoms with E-state index in [0.29, 0.717) is 6.04 Å². The zero-order valence-corrected chi connectivity index (χ0v) is 11.2. The fourth-order valence-electron chi connectivity index (χ4n) is 2.61. The summed E-state index contributed by atoms with van der Waals surface area (Å²) < 4.78 is 4.38. The molecule has 4 heteroatoms. The summed E-state index contributed by atoms with van der Waals surface area (Å²) in [5.74, 6) is 0. The molecule has 1 fully saturated rings. The highest BCUT2D eigenvalue weighted by Gasteiger charge is 2.24. The van der Waals surface area contributed by atoms with Crippen molar-refractivity contribution in [1.82, 2.24) is 0 Å². The Balaban J connectivity index is 1.92. The van der Waals surface area contributed by atoms with Crippen LogP contribution in [0.1, 0.15) is 32.1 Å². The number of anilines is 1. The summed E-state index contributed by atoms with van der Waals surface area (Å²) in [6, 6.07) is 6.66. The van der Waals surface area contributed by atoms with Crippen LogP contribution in [0.4, 0.5) is 5.69 Å². The molecule has 0 saturated heterocycles. The largest absolute Gasteiger partial charge is 0.328 e. The van der Waals surface area contributed by atoms with E-state index in [1.54, 1.807) is 0 Å². The van der Waals surface area contributed by atoms with E-state index >= 15 is 0 Å². The van der Waals surface area contributed by atoms with E-state index in [1.807, 2.05) is 12.4 Å². The van der Waals surface area contributed by atoms with E-state index in [9.17, 15) is 0 Å². The SMILES string of the molecule is Clc1ccc2c(c1)N(C1CCCCC1)C=NS2. The van der Waals surface area contributed by atoms with E-state index in [2.05, 4.69) is 21.4 Å². The first-order valence-electron chi connectivity index (χ1n) is 6.13. The second-order valence-electron chi connectivity index (χ2n) is 4.62. The number of hydrogen-bond donors (Lipinski definition) is 0. The van der Waals surface area contributed by atoms with Gasteiger partial charge in [-0.15, -0.1) is 0 Å². The molecule has 2 aliphatic rings. The second-order valence-corrected chi connectivity index (χ2v) is 5.89. The van der Waals surface area contributed by atoms with Crippen molar-refractivity contribution in [2.24, 2.45) is 4.40 Å². The molecule has 2 nitrogen and oxygen atoms in total. The Morgan fingerprint density at radius 2 is 2.06 bits per heavy atom. The van der Waals surface area contributed by atoms with E-state index in [-0.39, 0.29) is 0 Å². The van der Waals surface area contributed by atoms with E-state index in [1.165, 1.54) is 54.6 Å². The van der Waals surface area contributed by atoms with Crippen LogP contribution in [0, 0.1) is 0 Å². The topological polar surface area (TPSA) is 15.6 Å². The maximum absolute atomic E-state index is 6.10. The average Bonchev–Trinajstić information content (AvgIpc) is 2.39. The number of halogens is 1. The van der Waals surface area contributed by atoms with Crippen molar-refractivity contribution >= 4 is 35.6 Å². The van der Waals surface area contributed by atoms with Gasteiger partial charge in [0.2, 0.25) is 0 Å². The Bertz CT molecular complexity index is 441. The average molecular weight is 267 g/mol. The summed E-state index contributed by atoms with van der Waals surface area (Å²) in [6.07, 6.45) is 8.54. The van der Waals surface area contributed by atoms with Gasteiger partial charge < -0.3 is 4.90 Å². The lowest BCUT2D eigenvalue weighted by atomic mass is 9.94. The summed E-state index contributed by atoms with van der Waals surface area (Å²) in [4.78, 5) is 3.53. The maximum atomic E-state index is 6.10. The predicted octanol–water partition coefficient (Wildman–Crippen LogP) is 4.53. The first-order valence-corrected chi connectivity index (χ1v) is 7.28. The molecule has 0 spiro atoms. The van der Waals surface area contributed by atoms with Crippen LogP contribution in [0.25, 0.3) is 0 Å². The van der Waals surface area contributed by atoms with Crippen LogP contribution in [0.5, 0.6) is 0 Å². The van der Waals surface area contributed by atoms with Crippen molar-refractivity contribution < 1.29 is 0 Å². The summed E-state index contributed by atoms with van der Waals surface area (Å²) in [7, 11) is 0. The van der Waals surface area contributed by atoms with Gasteiger partial charge in [0.05, 0.1) is 10.6 Å². The van der Waals surface area contributed by atoms with Gasteiger partial charge in [-0.05, 0) is 31.0 Å². The van der Waals surface area contributed by atoms with Gasteiger partial charge in [-0.1, -0.05) is 30.9 Å². The molecule has 1 aromatic carbocycles. The molecule has 90 valence electrons. The van der Waals surface area contributed by atoms with Gasteiger partial charge in [0.15, 0.2) is 0 Å². The lowest BCUT2D eigenvalue weighted by Crippen LogP contribution is -2.36. The first kappa shape index (κ1) is 11.4. The summed E-state index contributed by atoms with van der Waals surface area (Å²) >= 11 is 7.63. The lowest BCUT2D eigenvalue weighted by Gasteiger charge is -2.35. The molecule has 0 amide bonds. The second kappa shape index (κ2) is 4.91. The van der Waals surface area contributed by atoms with Crippen molar-refractivity contribution in [1.29, 1.82) is 0 Å². The van der Waals surface area contributed by atoms with Gasteiger partial charge in [-0.2, -0.15) is 0 Å². The van der Waals surface area contributed by atoms with Crippen molar-refractivity contribution in [2.75, 3.05) is 4.90 Å². The predicted molar refractivity (Wildman–Crippen MR) is 75.2 cm³/mol. The van der Waals surface area contributed by atoms with Crippen LogP contribution in [0.15, 0.2) is 27.5 Å². The maximum Gasteiger partial charge on any atom is 0.104 e. The molecule has 0 radical (unpaired) electrons. The van der Waals surface area contributed by atoms with Crippen LogP contribution in [0.2, 0.25) is 5.02 Å². The van der Waals surface area contributed by atoms with Crippen molar-refractivity contribution in [3.63, 3.8) is 0 Å². The quantitative estimate of drug-likeness (QED) is 0.694. The van der Waals surface area contributed by atoms with Crippen molar-refractivity contribution in [3.05, 3.63) is 23.2 Å². The number of benzene rings is 1. The molecular weight excluding hydrogens is 252 g/mol. The number of fused-ring (bicyclic) bond motifs is 1. The Labute approximate surface area is 111 Å². The highest BCUT2D eigenvalue weighted by molar-refractivity contribution is 7.98. The molecule has 1 aliphatic carbocycles. The summed E-state index contributed by atoms with van der Waals surface area (Å²) in [5, 5.41) is 0.806. The molecular formula is C13H15ClN2S. The molecule has 1 aromatic rings. The monoisotopic (exact) mass is 266 g/mol. The fourth-order valence-corrected chi connectivity index (χ4v) is 3.43. The Kier molecular flexibility index (Phi) is 3.30. The van der Waals surface area contributed by atoms with E-state index in [4.69, 9.17) is 11.6 Å². The zero-order valence-electron chi connectivity index (χ0n) is 9.60. The van der Waals surface area contributed by atoms with Crippen LogP contribution in [-0.4, -0.2) is 12.4 Å². The third-order valence-corrected chi connectivity index (χ3v) is 4.47. The number of hydrogen-bond acceptors (Lipinski definition) is 3.